The summed E-state index contributed by atoms with van der Waals surface area (Å²) in [6.07, 6.45) is 0. The second-order valence-corrected chi connectivity index (χ2v) is 18.5. The zero-order chi connectivity index (χ0) is 43.7. The van der Waals surface area contributed by atoms with Gasteiger partial charge < -0.3 is 70.0 Å². The maximum atomic E-state index is 14.0. The van der Waals surface area contributed by atoms with Crippen LogP contribution in [0.5, 0.6) is 11.5 Å². The van der Waals surface area contributed by atoms with Gasteiger partial charge >= 0.3 is 0 Å². The minimum Gasteiger partial charge on any atom is -0.481 e. The first-order chi connectivity index (χ1) is 27.6. The van der Waals surface area contributed by atoms with Crippen molar-refractivity contribution in [3.63, 3.8) is 0 Å². The summed E-state index contributed by atoms with van der Waals surface area (Å²) < 4.78 is 25.1. The Labute approximate surface area is 417 Å². The van der Waals surface area contributed by atoms with Crippen molar-refractivity contribution >= 4 is 159 Å². The van der Waals surface area contributed by atoms with Crippen molar-refractivity contribution in [3.05, 3.63) is 32.5 Å². The normalized spacial score (nSPS) is 11.2. The lowest BCUT2D eigenvalue weighted by Crippen LogP contribution is -2.41. The number of amides is 4. The van der Waals surface area contributed by atoms with E-state index in [1.165, 1.54) is 9.80 Å². The fraction of sp³-hybridized carbons (Fsp3) is 0.529. The lowest BCUT2D eigenvalue weighted by atomic mass is 9.99. The van der Waals surface area contributed by atoms with E-state index >= 15 is 0 Å². The molecule has 0 aliphatic carbocycles. The number of nitrogens with one attached hydrogen (secondary N) is 2. The number of benzene rings is 2. The van der Waals surface area contributed by atoms with E-state index in [2.05, 4.69) is 10.6 Å². The molecule has 0 aliphatic heterocycles. The summed E-state index contributed by atoms with van der Waals surface area (Å²) in [5.74, 6) is -1.91. The smallest absolute Gasteiger partial charge is 0.260 e. The number of likely N-dealkylation sites (N-methyl/N-ethyl adjacent to an activating group) is 2. The van der Waals surface area contributed by atoms with E-state index in [4.69, 9.17) is 29.2 Å². The zero-order valence-corrected chi connectivity index (χ0v) is 44.1. The Bertz CT molecular complexity index is 1610. The third kappa shape index (κ3) is 15.1. The number of hydrogen-bond donors (Lipinski definition) is 8. The molecule has 2 aromatic rings. The molecular weight excluding hydrogens is 1450 g/mol. The van der Waals surface area contributed by atoms with E-state index < -0.39 is 75.4 Å². The Hall–Kier alpha value is -0.0200. The fourth-order valence-corrected chi connectivity index (χ4v) is 13.7. The summed E-state index contributed by atoms with van der Waals surface area (Å²) in [5.41, 5.74) is 0.935. The van der Waals surface area contributed by atoms with Crippen molar-refractivity contribution in [2.24, 2.45) is 0 Å². The average molecular weight is 1490 g/mol. The predicted octanol–water partition coefficient (Wildman–Crippen LogP) is 0.839. The minimum atomic E-state index is -1.01. The highest BCUT2D eigenvalue weighted by Crippen LogP contribution is 2.48. The highest BCUT2D eigenvalue weighted by molar-refractivity contribution is 14.1. The van der Waals surface area contributed by atoms with Crippen LogP contribution in [0.4, 0.5) is 0 Å². The lowest BCUT2D eigenvalue weighted by Gasteiger charge is -2.25. The van der Waals surface area contributed by atoms with Crippen molar-refractivity contribution < 1.29 is 68.8 Å². The van der Waals surface area contributed by atoms with Gasteiger partial charge in [-0.2, -0.15) is 0 Å². The molecule has 0 radical (unpaired) electrons. The quantitative estimate of drug-likeness (QED) is 0.0507. The number of halogens is 6. The second-order valence-electron chi connectivity index (χ2n) is 12.0. The molecule has 0 bridgehead atoms. The molecule has 18 nitrogen and oxygen atoms in total. The first kappa shape index (κ1) is 54.1. The molecule has 8 N–H and O–H groups in total. The van der Waals surface area contributed by atoms with Crippen LogP contribution in [0.3, 0.4) is 0 Å². The Kier molecular flexibility index (Phi) is 26.0. The van der Waals surface area contributed by atoms with E-state index in [1.807, 2.05) is 136 Å². The molecule has 24 heteroatoms. The highest BCUT2D eigenvalue weighted by atomic mass is 127. The molecule has 58 heavy (non-hydrogen) atoms. The molecule has 0 unspecified atom stereocenters. The summed E-state index contributed by atoms with van der Waals surface area (Å²) in [6.45, 7) is -2.47. The number of aliphatic hydroxyl groups excluding tert-OH is 6. The van der Waals surface area contributed by atoms with Crippen molar-refractivity contribution in [1.29, 1.82) is 0 Å². The fourth-order valence-electron chi connectivity index (χ4n) is 4.66. The molecule has 0 saturated heterocycles. The third-order valence-corrected chi connectivity index (χ3v) is 14.2. The first-order valence-electron chi connectivity index (χ1n) is 17.1. The van der Waals surface area contributed by atoms with Gasteiger partial charge in [-0.15, -0.1) is 0 Å². The molecule has 4 amide bonds. The summed E-state index contributed by atoms with van der Waals surface area (Å²) >= 11 is 11.9. The molecule has 326 valence electrons. The SMILES string of the molecule is CN(CCOCCO)C(=O)COc1c(I)c(C(=O)NC(CO)CO)c(I)c(-c2c(I)c(OCC(=O)N(C)CCOCCO)c(I)c(C(=O)NC(CO)CO)c2I)c1I. The summed E-state index contributed by atoms with van der Waals surface area (Å²) in [6, 6.07) is -2.02. The van der Waals surface area contributed by atoms with Gasteiger partial charge in [0.15, 0.2) is 13.2 Å². The molecule has 0 atom stereocenters. The highest BCUT2D eigenvalue weighted by Gasteiger charge is 2.34. The maximum absolute atomic E-state index is 14.0. The Balaban J connectivity index is 2.91. The molecule has 0 heterocycles. The van der Waals surface area contributed by atoms with Crippen LogP contribution in [0, 0.1) is 21.4 Å². The largest absolute Gasteiger partial charge is 0.481 e. The van der Waals surface area contributed by atoms with E-state index in [-0.39, 0.29) is 75.4 Å². The second kappa shape index (κ2) is 27.9. The summed E-state index contributed by atoms with van der Waals surface area (Å²) in [5, 5.41) is 62.3. The van der Waals surface area contributed by atoms with Crippen LogP contribution in [0.25, 0.3) is 11.1 Å². The summed E-state index contributed by atoms with van der Waals surface area (Å²) in [4.78, 5) is 57.1. The van der Waals surface area contributed by atoms with Gasteiger partial charge in [0.05, 0.1) is 104 Å². The van der Waals surface area contributed by atoms with E-state index in [0.29, 0.717) is 32.5 Å². The van der Waals surface area contributed by atoms with Crippen LogP contribution in [-0.4, -0.2) is 183 Å². The topological polar surface area (TPSA) is 257 Å². The van der Waals surface area contributed by atoms with Gasteiger partial charge in [0.25, 0.3) is 23.6 Å². The van der Waals surface area contributed by atoms with Crippen molar-refractivity contribution in [2.75, 3.05) is 106 Å². The number of carbonyl (C=O) groups excluding carboxylic acids is 4. The average Bonchev–Trinajstić information content (AvgIpc) is 3.19. The monoisotopic (exact) mass is 1490 g/mol. The molecule has 0 aliphatic rings. The van der Waals surface area contributed by atoms with E-state index in [9.17, 15) is 39.6 Å². The molecule has 2 aromatic carbocycles. The van der Waals surface area contributed by atoms with Crippen LogP contribution >= 0.6 is 136 Å². The van der Waals surface area contributed by atoms with Gasteiger partial charge in [0.1, 0.15) is 11.5 Å². The van der Waals surface area contributed by atoms with Crippen LogP contribution in [0.2, 0.25) is 0 Å². The Morgan fingerprint density at radius 3 is 1.16 bits per heavy atom. The molecule has 0 spiro atoms. The van der Waals surface area contributed by atoms with Crippen LogP contribution < -0.4 is 20.1 Å². The lowest BCUT2D eigenvalue weighted by molar-refractivity contribution is -0.133. The molecule has 0 saturated carbocycles. The third-order valence-electron chi connectivity index (χ3n) is 7.95. The van der Waals surface area contributed by atoms with Gasteiger partial charge in [-0.3, -0.25) is 19.2 Å². The number of hydrogen-bond acceptors (Lipinski definition) is 14. The standard InChI is InChI=1S/C34H44I6N4O14/c1-43(3-7-55-9-5-45)19(51)15-57-31-27(37)21(25(35)23(29(31)39)33(53)41-17(11-47)12-48)22-26(36)24(34(54)42-18(13-49)14-50)30(40)32(28(22)38)58-16-20(52)44(2)4-8-56-10-6-46/h17-18,45-50H,3-16H2,1-2H3,(H,41,53)(H,42,54). The van der Waals surface area contributed by atoms with Gasteiger partial charge in [-0.1, -0.05) is 0 Å². The van der Waals surface area contributed by atoms with Gasteiger partial charge in [0.2, 0.25) is 0 Å². The minimum absolute atomic E-state index is 0.0798. The summed E-state index contributed by atoms with van der Waals surface area (Å²) in [7, 11) is 3.12. The van der Waals surface area contributed by atoms with Crippen molar-refractivity contribution in [1.82, 2.24) is 20.4 Å². The number of aliphatic hydroxyl groups is 6. The maximum Gasteiger partial charge on any atom is 0.260 e. The van der Waals surface area contributed by atoms with Crippen molar-refractivity contribution in [2.45, 2.75) is 12.1 Å². The zero-order valence-electron chi connectivity index (χ0n) is 31.2. The predicted molar refractivity (Wildman–Crippen MR) is 261 cm³/mol. The van der Waals surface area contributed by atoms with Gasteiger partial charge in [-0.05, 0) is 136 Å². The number of nitrogens with zero attached hydrogens (tertiary/aromatic N) is 2. The van der Waals surface area contributed by atoms with Gasteiger partial charge in [0, 0.05) is 45.5 Å². The Morgan fingerprint density at radius 1 is 0.534 bits per heavy atom. The van der Waals surface area contributed by atoms with Gasteiger partial charge in [-0.25, -0.2) is 0 Å². The first-order valence-corrected chi connectivity index (χ1v) is 23.6. The van der Waals surface area contributed by atoms with E-state index in [1.54, 1.807) is 14.1 Å². The van der Waals surface area contributed by atoms with Crippen LogP contribution in [0.1, 0.15) is 20.7 Å². The van der Waals surface area contributed by atoms with Crippen LogP contribution in [0.15, 0.2) is 0 Å². The molecule has 2 rings (SSSR count). The number of ether oxygens (including phenoxy) is 4. The van der Waals surface area contributed by atoms with Crippen LogP contribution in [-0.2, 0) is 19.1 Å². The molecular formula is C34H44I6N4O14. The Morgan fingerprint density at radius 2 is 0.862 bits per heavy atom. The number of rotatable bonds is 25. The number of carbonyl (C=O) groups is 4. The molecule has 0 fully saturated rings. The van der Waals surface area contributed by atoms with Crippen molar-refractivity contribution in [3.8, 4) is 22.6 Å². The van der Waals surface area contributed by atoms with E-state index in [0.717, 1.165) is 0 Å². The molecule has 0 aromatic heterocycles.